The van der Waals surface area contributed by atoms with Gasteiger partial charge in [-0.2, -0.15) is 0 Å². The summed E-state index contributed by atoms with van der Waals surface area (Å²) in [4.78, 5) is 8.45. The molecule has 114 valence electrons. The van der Waals surface area contributed by atoms with Crippen LogP contribution in [0.2, 0.25) is 5.02 Å². The van der Waals surface area contributed by atoms with E-state index in [2.05, 4.69) is 15.3 Å². The summed E-state index contributed by atoms with van der Waals surface area (Å²) in [6, 6.07) is 8.80. The molecule has 1 atom stereocenters. The lowest BCUT2D eigenvalue weighted by Crippen LogP contribution is -2.29. The van der Waals surface area contributed by atoms with Gasteiger partial charge >= 0.3 is 0 Å². The summed E-state index contributed by atoms with van der Waals surface area (Å²) in [5, 5.41) is 3.53. The van der Waals surface area contributed by atoms with Gasteiger partial charge in [-0.05, 0) is 36.6 Å². The molecule has 2 heterocycles. The van der Waals surface area contributed by atoms with Gasteiger partial charge in [-0.15, -0.1) is 0 Å². The summed E-state index contributed by atoms with van der Waals surface area (Å²) in [5.74, 6) is 0.577. The van der Waals surface area contributed by atoms with Gasteiger partial charge in [0.25, 0.3) is 0 Å². The highest BCUT2D eigenvalue weighted by Crippen LogP contribution is 2.26. The molecule has 0 bridgehead atoms. The minimum absolute atomic E-state index is 0.146. The van der Waals surface area contributed by atoms with Gasteiger partial charge in [0.15, 0.2) is 0 Å². The number of nitrogens with one attached hydrogen (secondary N) is 1. The number of aromatic nitrogens is 1. The lowest BCUT2D eigenvalue weighted by molar-refractivity contribution is 0.556. The Labute approximate surface area is 134 Å². The summed E-state index contributed by atoms with van der Waals surface area (Å²) in [6.45, 7) is 0.836. The van der Waals surface area contributed by atoms with Crippen LogP contribution in [0.25, 0.3) is 0 Å². The van der Waals surface area contributed by atoms with Crippen molar-refractivity contribution < 1.29 is 4.39 Å². The van der Waals surface area contributed by atoms with Gasteiger partial charge in [0.2, 0.25) is 0 Å². The van der Waals surface area contributed by atoms with E-state index in [0.717, 1.165) is 30.8 Å². The largest absolute Gasteiger partial charge is 0.367 e. The standard InChI is InChI=1S/C17H17ClFN3/c18-14-4-1-3-13(17(14)19)15(22-16-5-2-8-21-16)11-12-6-9-20-10-7-12/h1,3-4,6-7,9-10,15H,2,5,8,11H2,(H,21,22). The van der Waals surface area contributed by atoms with Crippen molar-refractivity contribution in [3.05, 3.63) is 64.7 Å². The molecule has 0 fully saturated rings. The molecule has 0 radical (unpaired) electrons. The SMILES string of the molecule is Fc1c(Cl)cccc1C(Cc1ccncc1)NC1=NCCC1. The second-order valence-corrected chi connectivity index (χ2v) is 5.74. The van der Waals surface area contributed by atoms with E-state index in [1.807, 2.05) is 12.1 Å². The highest BCUT2D eigenvalue weighted by molar-refractivity contribution is 6.30. The van der Waals surface area contributed by atoms with E-state index in [1.165, 1.54) is 0 Å². The van der Waals surface area contributed by atoms with E-state index in [1.54, 1.807) is 30.6 Å². The molecule has 3 rings (SSSR count). The predicted octanol–water partition coefficient (Wildman–Crippen LogP) is 3.94. The topological polar surface area (TPSA) is 37.3 Å². The van der Waals surface area contributed by atoms with Crippen molar-refractivity contribution in [1.29, 1.82) is 0 Å². The fourth-order valence-electron chi connectivity index (χ4n) is 2.64. The Hall–Kier alpha value is -1.94. The maximum absolute atomic E-state index is 14.4. The first-order valence-corrected chi connectivity index (χ1v) is 7.74. The molecule has 1 aliphatic heterocycles. The number of rotatable bonds is 4. The summed E-state index contributed by atoms with van der Waals surface area (Å²) in [7, 11) is 0. The molecule has 0 saturated heterocycles. The zero-order valence-electron chi connectivity index (χ0n) is 12.1. The lowest BCUT2D eigenvalue weighted by atomic mass is 9.98. The van der Waals surface area contributed by atoms with Crippen LogP contribution in [-0.2, 0) is 6.42 Å². The van der Waals surface area contributed by atoms with Crippen LogP contribution in [0.3, 0.4) is 0 Å². The Morgan fingerprint density at radius 3 is 2.77 bits per heavy atom. The molecule has 3 nitrogen and oxygen atoms in total. The van der Waals surface area contributed by atoms with E-state index in [-0.39, 0.29) is 16.9 Å². The smallest absolute Gasteiger partial charge is 0.147 e. The lowest BCUT2D eigenvalue weighted by Gasteiger charge is -2.21. The maximum atomic E-state index is 14.4. The highest BCUT2D eigenvalue weighted by atomic mass is 35.5. The monoisotopic (exact) mass is 317 g/mol. The molecular weight excluding hydrogens is 301 g/mol. The second kappa shape index (κ2) is 6.88. The van der Waals surface area contributed by atoms with Gasteiger partial charge in [0, 0.05) is 30.9 Å². The first kappa shape index (κ1) is 15.0. The third kappa shape index (κ3) is 3.45. The molecule has 1 aromatic heterocycles. The zero-order chi connectivity index (χ0) is 15.4. The minimum Gasteiger partial charge on any atom is -0.367 e. The third-order valence-corrected chi connectivity index (χ3v) is 4.05. The third-order valence-electron chi connectivity index (χ3n) is 3.76. The Bertz CT molecular complexity index is 673. The van der Waals surface area contributed by atoms with Crippen LogP contribution in [-0.4, -0.2) is 17.4 Å². The average Bonchev–Trinajstić information content (AvgIpc) is 3.03. The van der Waals surface area contributed by atoms with Crippen LogP contribution >= 0.6 is 11.6 Å². The average molecular weight is 318 g/mol. The van der Waals surface area contributed by atoms with Crippen LogP contribution in [0, 0.1) is 5.82 Å². The zero-order valence-corrected chi connectivity index (χ0v) is 12.9. The van der Waals surface area contributed by atoms with E-state index >= 15 is 0 Å². The molecule has 0 saturated carbocycles. The number of pyridine rings is 1. The van der Waals surface area contributed by atoms with Gasteiger partial charge in [0.05, 0.1) is 16.9 Å². The van der Waals surface area contributed by atoms with Crippen LogP contribution in [0.1, 0.15) is 30.0 Å². The molecule has 0 amide bonds. The van der Waals surface area contributed by atoms with Crippen molar-refractivity contribution in [2.45, 2.75) is 25.3 Å². The number of hydrogen-bond donors (Lipinski definition) is 1. The van der Waals surface area contributed by atoms with Crippen LogP contribution < -0.4 is 5.32 Å². The van der Waals surface area contributed by atoms with Crippen molar-refractivity contribution in [2.75, 3.05) is 6.54 Å². The molecule has 1 N–H and O–H groups in total. The molecule has 0 aliphatic carbocycles. The highest BCUT2D eigenvalue weighted by Gasteiger charge is 2.20. The van der Waals surface area contributed by atoms with Crippen molar-refractivity contribution in [3.63, 3.8) is 0 Å². The molecule has 2 aromatic rings. The van der Waals surface area contributed by atoms with Crippen LogP contribution in [0.15, 0.2) is 47.7 Å². The predicted molar refractivity (Wildman–Crippen MR) is 86.8 cm³/mol. The van der Waals surface area contributed by atoms with Gasteiger partial charge < -0.3 is 5.32 Å². The Morgan fingerprint density at radius 2 is 2.05 bits per heavy atom. The summed E-state index contributed by atoms with van der Waals surface area (Å²) in [6.07, 6.45) is 6.10. The van der Waals surface area contributed by atoms with E-state index in [0.29, 0.717) is 12.0 Å². The minimum atomic E-state index is -0.366. The molecule has 0 spiro atoms. The van der Waals surface area contributed by atoms with E-state index in [9.17, 15) is 4.39 Å². The number of nitrogens with zero attached hydrogens (tertiary/aromatic N) is 2. The first-order chi connectivity index (χ1) is 10.7. The fourth-order valence-corrected chi connectivity index (χ4v) is 2.82. The first-order valence-electron chi connectivity index (χ1n) is 7.36. The van der Waals surface area contributed by atoms with Gasteiger partial charge in [-0.1, -0.05) is 23.7 Å². The quantitative estimate of drug-likeness (QED) is 0.927. The van der Waals surface area contributed by atoms with Crippen LogP contribution in [0.5, 0.6) is 0 Å². The number of aliphatic imine (C=N–C) groups is 1. The van der Waals surface area contributed by atoms with Crippen molar-refractivity contribution in [1.82, 2.24) is 10.3 Å². The Morgan fingerprint density at radius 1 is 1.23 bits per heavy atom. The molecule has 5 heteroatoms. The fraction of sp³-hybridized carbons (Fsp3) is 0.294. The summed E-state index contributed by atoms with van der Waals surface area (Å²) < 4.78 is 14.4. The number of amidine groups is 1. The maximum Gasteiger partial charge on any atom is 0.147 e. The van der Waals surface area contributed by atoms with Crippen LogP contribution in [0.4, 0.5) is 4.39 Å². The molecular formula is C17H17ClFN3. The Balaban J connectivity index is 1.89. The van der Waals surface area contributed by atoms with E-state index in [4.69, 9.17) is 11.6 Å². The number of halogens is 2. The molecule has 1 aliphatic rings. The second-order valence-electron chi connectivity index (χ2n) is 5.33. The number of hydrogen-bond acceptors (Lipinski definition) is 3. The summed E-state index contributed by atoms with van der Waals surface area (Å²) in [5.41, 5.74) is 1.66. The van der Waals surface area contributed by atoms with Crippen molar-refractivity contribution in [3.8, 4) is 0 Å². The molecule has 1 unspecified atom stereocenters. The van der Waals surface area contributed by atoms with E-state index < -0.39 is 0 Å². The van der Waals surface area contributed by atoms with Crippen molar-refractivity contribution >= 4 is 17.4 Å². The van der Waals surface area contributed by atoms with Crippen molar-refractivity contribution in [2.24, 2.45) is 4.99 Å². The normalized spacial score (nSPS) is 15.5. The molecule has 22 heavy (non-hydrogen) atoms. The van der Waals surface area contributed by atoms with Gasteiger partial charge in [-0.3, -0.25) is 9.98 Å². The number of benzene rings is 1. The van der Waals surface area contributed by atoms with Gasteiger partial charge in [-0.25, -0.2) is 4.39 Å². The molecule has 1 aromatic carbocycles. The summed E-state index contributed by atoms with van der Waals surface area (Å²) >= 11 is 5.93. The Kier molecular flexibility index (Phi) is 4.68. The van der Waals surface area contributed by atoms with Gasteiger partial charge in [0.1, 0.15) is 5.82 Å².